The van der Waals surface area contributed by atoms with Crippen molar-refractivity contribution >= 4 is 15.9 Å². The minimum atomic E-state index is 0.289. The number of hydrogen-bond donors (Lipinski definition) is 1. The van der Waals surface area contributed by atoms with Crippen molar-refractivity contribution in [2.24, 2.45) is 0 Å². The fourth-order valence-corrected chi connectivity index (χ4v) is 2.18. The van der Waals surface area contributed by atoms with Crippen molar-refractivity contribution in [2.45, 2.75) is 32.4 Å². The number of benzene rings is 1. The third-order valence-electron chi connectivity index (χ3n) is 2.52. The van der Waals surface area contributed by atoms with E-state index < -0.39 is 0 Å². The molecule has 0 aliphatic carbocycles. The van der Waals surface area contributed by atoms with E-state index in [2.05, 4.69) is 41.2 Å². The Morgan fingerprint density at radius 3 is 3.07 bits per heavy atom. The molecular weight excluding hydrogens is 254 g/mol. The molecule has 3 heteroatoms. The van der Waals surface area contributed by atoms with Crippen molar-refractivity contribution in [1.29, 1.82) is 0 Å². The van der Waals surface area contributed by atoms with Gasteiger partial charge in [-0.1, -0.05) is 29.8 Å². The largest absolute Gasteiger partial charge is 0.488 e. The summed E-state index contributed by atoms with van der Waals surface area (Å²) < 4.78 is 6.96. The monoisotopic (exact) mass is 269 g/mol. The molecule has 1 aromatic rings. The molecule has 0 amide bonds. The first kappa shape index (κ1) is 11.0. The maximum atomic E-state index is 5.83. The summed E-state index contributed by atoms with van der Waals surface area (Å²) in [6.07, 6.45) is 1.30. The van der Waals surface area contributed by atoms with Crippen LogP contribution in [0, 0.1) is 0 Å². The summed E-state index contributed by atoms with van der Waals surface area (Å²) >= 11 is 3.48. The summed E-state index contributed by atoms with van der Waals surface area (Å²) in [5, 5.41) is 3.40. The van der Waals surface area contributed by atoms with Crippen molar-refractivity contribution in [3.63, 3.8) is 0 Å². The molecule has 1 aliphatic rings. The van der Waals surface area contributed by atoms with Gasteiger partial charge in [-0.05, 0) is 23.8 Å². The lowest BCUT2D eigenvalue weighted by atomic mass is 10.1. The summed E-state index contributed by atoms with van der Waals surface area (Å²) in [6, 6.07) is 6.72. The maximum absolute atomic E-state index is 5.83. The lowest BCUT2D eigenvalue weighted by Gasteiger charge is -2.13. The fourth-order valence-electron chi connectivity index (χ4n) is 1.77. The Bertz CT molecular complexity index is 351. The Morgan fingerprint density at radius 2 is 2.33 bits per heavy atom. The van der Waals surface area contributed by atoms with Crippen LogP contribution in [0.25, 0.3) is 0 Å². The van der Waals surface area contributed by atoms with Crippen LogP contribution in [-0.2, 0) is 6.42 Å². The molecule has 1 heterocycles. The number of ether oxygens (including phenoxy) is 1. The van der Waals surface area contributed by atoms with E-state index in [4.69, 9.17) is 4.74 Å². The van der Waals surface area contributed by atoms with Crippen LogP contribution in [0.15, 0.2) is 22.7 Å². The van der Waals surface area contributed by atoms with Crippen LogP contribution in [0.4, 0.5) is 0 Å². The lowest BCUT2D eigenvalue weighted by Crippen LogP contribution is -2.34. The average molecular weight is 270 g/mol. The second-order valence-electron chi connectivity index (χ2n) is 4.26. The normalized spacial score (nSPS) is 19.1. The third-order valence-corrected chi connectivity index (χ3v) is 3.01. The fraction of sp³-hybridized carbons (Fsp3) is 0.500. The Kier molecular flexibility index (Phi) is 3.32. The van der Waals surface area contributed by atoms with E-state index in [0.717, 1.165) is 23.2 Å². The first-order valence-electron chi connectivity index (χ1n) is 5.33. The second-order valence-corrected chi connectivity index (χ2v) is 5.17. The van der Waals surface area contributed by atoms with Crippen LogP contribution in [0.5, 0.6) is 5.75 Å². The zero-order chi connectivity index (χ0) is 10.8. The predicted molar refractivity (Wildman–Crippen MR) is 65.4 cm³/mol. The summed E-state index contributed by atoms with van der Waals surface area (Å²) in [4.78, 5) is 0. The zero-order valence-corrected chi connectivity index (χ0v) is 10.7. The minimum absolute atomic E-state index is 0.289. The smallest absolute Gasteiger partial charge is 0.123 e. The van der Waals surface area contributed by atoms with Crippen LogP contribution in [0.2, 0.25) is 0 Å². The molecule has 2 rings (SSSR count). The highest BCUT2D eigenvalue weighted by Crippen LogP contribution is 2.30. The van der Waals surface area contributed by atoms with Gasteiger partial charge < -0.3 is 10.1 Å². The molecule has 2 nitrogen and oxygen atoms in total. The third kappa shape index (κ3) is 2.73. The number of fused-ring (bicyclic) bond motifs is 1. The first-order valence-corrected chi connectivity index (χ1v) is 6.13. The van der Waals surface area contributed by atoms with E-state index in [1.54, 1.807) is 0 Å². The van der Waals surface area contributed by atoms with Gasteiger partial charge in [0.05, 0.1) is 0 Å². The van der Waals surface area contributed by atoms with Crippen molar-refractivity contribution in [3.8, 4) is 5.75 Å². The van der Waals surface area contributed by atoms with Gasteiger partial charge in [0.2, 0.25) is 0 Å². The molecule has 0 saturated heterocycles. The molecule has 15 heavy (non-hydrogen) atoms. The topological polar surface area (TPSA) is 21.3 Å². The molecule has 1 unspecified atom stereocenters. The molecule has 0 radical (unpaired) electrons. The van der Waals surface area contributed by atoms with Gasteiger partial charge in [0.15, 0.2) is 0 Å². The first-order chi connectivity index (χ1) is 7.15. The van der Waals surface area contributed by atoms with Gasteiger partial charge in [-0.25, -0.2) is 0 Å². The van der Waals surface area contributed by atoms with E-state index in [0.29, 0.717) is 6.04 Å². The highest BCUT2D eigenvalue weighted by Gasteiger charge is 2.22. The van der Waals surface area contributed by atoms with Gasteiger partial charge in [-0.2, -0.15) is 0 Å². The van der Waals surface area contributed by atoms with Crippen LogP contribution in [0.3, 0.4) is 0 Å². The molecule has 1 aromatic carbocycles. The summed E-state index contributed by atoms with van der Waals surface area (Å²) in [7, 11) is 0. The van der Waals surface area contributed by atoms with Crippen molar-refractivity contribution in [1.82, 2.24) is 5.32 Å². The van der Waals surface area contributed by atoms with E-state index >= 15 is 0 Å². The van der Waals surface area contributed by atoms with Gasteiger partial charge in [0, 0.05) is 23.5 Å². The molecule has 1 atom stereocenters. The van der Waals surface area contributed by atoms with Crippen LogP contribution in [-0.4, -0.2) is 18.7 Å². The van der Waals surface area contributed by atoms with Gasteiger partial charge in [-0.15, -0.1) is 0 Å². The average Bonchev–Trinajstić information content (AvgIpc) is 2.56. The maximum Gasteiger partial charge on any atom is 0.123 e. The van der Waals surface area contributed by atoms with E-state index in [1.165, 1.54) is 5.56 Å². The van der Waals surface area contributed by atoms with Crippen molar-refractivity contribution in [2.75, 3.05) is 6.54 Å². The second kappa shape index (κ2) is 4.54. The molecule has 0 fully saturated rings. The van der Waals surface area contributed by atoms with Crippen LogP contribution in [0.1, 0.15) is 19.4 Å². The summed E-state index contributed by atoms with van der Waals surface area (Å²) in [5.74, 6) is 1.04. The quantitative estimate of drug-likeness (QED) is 0.911. The standard InChI is InChI=1S/C12H16BrNO/c1-8(2)14-7-11-6-9-5-10(13)3-4-12(9)15-11/h3-5,8,11,14H,6-7H2,1-2H3. The van der Waals surface area contributed by atoms with E-state index in [-0.39, 0.29) is 6.10 Å². The van der Waals surface area contributed by atoms with Crippen molar-refractivity contribution < 1.29 is 4.74 Å². The van der Waals surface area contributed by atoms with Gasteiger partial charge in [0.1, 0.15) is 11.9 Å². The molecule has 1 N–H and O–H groups in total. The Labute approximate surface area is 99.1 Å². The number of hydrogen-bond acceptors (Lipinski definition) is 2. The Hall–Kier alpha value is -0.540. The molecule has 0 saturated carbocycles. The number of halogens is 1. The van der Waals surface area contributed by atoms with Gasteiger partial charge >= 0.3 is 0 Å². The highest BCUT2D eigenvalue weighted by molar-refractivity contribution is 9.10. The van der Waals surface area contributed by atoms with Gasteiger partial charge in [-0.3, -0.25) is 0 Å². The Balaban J connectivity index is 1.97. The van der Waals surface area contributed by atoms with Crippen LogP contribution >= 0.6 is 15.9 Å². The minimum Gasteiger partial charge on any atom is -0.488 e. The highest BCUT2D eigenvalue weighted by atomic mass is 79.9. The predicted octanol–water partition coefficient (Wildman–Crippen LogP) is 2.75. The Morgan fingerprint density at radius 1 is 1.53 bits per heavy atom. The zero-order valence-electron chi connectivity index (χ0n) is 9.09. The molecule has 0 aromatic heterocycles. The van der Waals surface area contributed by atoms with E-state index in [1.807, 2.05) is 12.1 Å². The molecular formula is C12H16BrNO. The lowest BCUT2D eigenvalue weighted by molar-refractivity contribution is 0.224. The molecule has 0 bridgehead atoms. The van der Waals surface area contributed by atoms with Crippen molar-refractivity contribution in [3.05, 3.63) is 28.2 Å². The summed E-state index contributed by atoms with van der Waals surface area (Å²) in [6.45, 7) is 5.22. The van der Waals surface area contributed by atoms with Crippen LogP contribution < -0.4 is 10.1 Å². The summed E-state index contributed by atoms with van der Waals surface area (Å²) in [5.41, 5.74) is 1.31. The SMILES string of the molecule is CC(C)NCC1Cc2cc(Br)ccc2O1. The van der Waals surface area contributed by atoms with Gasteiger partial charge in [0.25, 0.3) is 0 Å². The molecule has 0 spiro atoms. The number of nitrogens with one attached hydrogen (secondary N) is 1. The molecule has 82 valence electrons. The number of rotatable bonds is 3. The molecule has 1 aliphatic heterocycles. The van der Waals surface area contributed by atoms with E-state index in [9.17, 15) is 0 Å².